The van der Waals surface area contributed by atoms with Gasteiger partial charge in [-0.25, -0.2) is 4.79 Å². The van der Waals surface area contributed by atoms with E-state index in [1.54, 1.807) is 17.8 Å². The first kappa shape index (κ1) is 17.7. The molecule has 0 spiro atoms. The fraction of sp³-hybridized carbons (Fsp3) is 0.733. The van der Waals surface area contributed by atoms with Crippen molar-refractivity contribution in [3.63, 3.8) is 0 Å². The van der Waals surface area contributed by atoms with Crippen LogP contribution in [0.3, 0.4) is 0 Å². The lowest BCUT2D eigenvalue weighted by Crippen LogP contribution is -2.32. The van der Waals surface area contributed by atoms with Crippen LogP contribution in [0.25, 0.3) is 0 Å². The van der Waals surface area contributed by atoms with E-state index in [9.17, 15) is 4.79 Å². The lowest BCUT2D eigenvalue weighted by atomic mass is 10.0. The van der Waals surface area contributed by atoms with Crippen LogP contribution in [0.5, 0.6) is 0 Å². The van der Waals surface area contributed by atoms with E-state index in [-0.39, 0.29) is 12.0 Å². The molecular formula is C15H28N4O2. The molecule has 120 valence electrons. The Bertz CT molecular complexity index is 457. The lowest BCUT2D eigenvalue weighted by molar-refractivity contribution is 0.0524. The molecule has 6 nitrogen and oxygen atoms in total. The Balaban J connectivity index is 2.65. The van der Waals surface area contributed by atoms with E-state index in [2.05, 4.69) is 23.8 Å². The van der Waals surface area contributed by atoms with Crippen LogP contribution >= 0.6 is 0 Å². The standard InChI is InChI=1S/C15H28N4O2/c1-6-21-15(20)12-9-17-19(5)14(12)10-18(4)8-7-13(16)11(2)3/h9,11,13H,6-8,10,16H2,1-5H3. The Labute approximate surface area is 127 Å². The quantitative estimate of drug-likeness (QED) is 0.734. The van der Waals surface area contributed by atoms with Gasteiger partial charge in [0.15, 0.2) is 0 Å². The van der Waals surface area contributed by atoms with Crippen molar-refractivity contribution in [2.45, 2.75) is 39.8 Å². The number of hydrogen-bond donors (Lipinski definition) is 1. The second kappa shape index (κ2) is 8.14. The van der Waals surface area contributed by atoms with E-state index in [1.165, 1.54) is 0 Å². The molecule has 0 saturated carbocycles. The van der Waals surface area contributed by atoms with Crippen LogP contribution in [-0.4, -0.2) is 46.9 Å². The molecule has 1 atom stereocenters. The van der Waals surface area contributed by atoms with Gasteiger partial charge >= 0.3 is 5.97 Å². The monoisotopic (exact) mass is 296 g/mol. The van der Waals surface area contributed by atoms with Gasteiger partial charge < -0.3 is 15.4 Å². The predicted molar refractivity (Wildman–Crippen MR) is 82.9 cm³/mol. The van der Waals surface area contributed by atoms with E-state index < -0.39 is 0 Å². The zero-order valence-corrected chi connectivity index (χ0v) is 13.8. The van der Waals surface area contributed by atoms with Gasteiger partial charge in [-0.1, -0.05) is 13.8 Å². The largest absolute Gasteiger partial charge is 0.462 e. The van der Waals surface area contributed by atoms with Gasteiger partial charge in [-0.05, 0) is 32.9 Å². The summed E-state index contributed by atoms with van der Waals surface area (Å²) < 4.78 is 6.79. The maximum atomic E-state index is 11.9. The van der Waals surface area contributed by atoms with Crippen LogP contribution in [0.1, 0.15) is 43.2 Å². The van der Waals surface area contributed by atoms with Crippen molar-refractivity contribution in [2.24, 2.45) is 18.7 Å². The highest BCUT2D eigenvalue weighted by molar-refractivity contribution is 5.90. The van der Waals surface area contributed by atoms with Crippen molar-refractivity contribution in [3.8, 4) is 0 Å². The molecular weight excluding hydrogens is 268 g/mol. The fourth-order valence-electron chi connectivity index (χ4n) is 2.07. The summed E-state index contributed by atoms with van der Waals surface area (Å²) in [6.07, 6.45) is 2.50. The number of nitrogens with two attached hydrogens (primary N) is 1. The summed E-state index contributed by atoms with van der Waals surface area (Å²) >= 11 is 0. The zero-order chi connectivity index (χ0) is 16.0. The maximum absolute atomic E-state index is 11.9. The van der Waals surface area contributed by atoms with Crippen LogP contribution in [0.4, 0.5) is 0 Å². The van der Waals surface area contributed by atoms with Gasteiger partial charge in [0.2, 0.25) is 0 Å². The van der Waals surface area contributed by atoms with Crippen molar-refractivity contribution in [1.82, 2.24) is 14.7 Å². The zero-order valence-electron chi connectivity index (χ0n) is 13.8. The van der Waals surface area contributed by atoms with Gasteiger partial charge in [0.25, 0.3) is 0 Å². The molecule has 1 aromatic heterocycles. The summed E-state index contributed by atoms with van der Waals surface area (Å²) in [7, 11) is 3.86. The van der Waals surface area contributed by atoms with Crippen LogP contribution in [0.2, 0.25) is 0 Å². The third-order valence-corrected chi connectivity index (χ3v) is 3.68. The Morgan fingerprint density at radius 2 is 2.19 bits per heavy atom. The molecule has 21 heavy (non-hydrogen) atoms. The minimum Gasteiger partial charge on any atom is -0.462 e. The van der Waals surface area contributed by atoms with E-state index >= 15 is 0 Å². The minimum absolute atomic E-state index is 0.198. The molecule has 6 heteroatoms. The van der Waals surface area contributed by atoms with Gasteiger partial charge in [-0.3, -0.25) is 4.68 Å². The Morgan fingerprint density at radius 1 is 1.52 bits per heavy atom. The molecule has 1 aromatic rings. The summed E-state index contributed by atoms with van der Waals surface area (Å²) in [6.45, 7) is 7.96. The first-order chi connectivity index (χ1) is 9.86. The van der Waals surface area contributed by atoms with Crippen molar-refractivity contribution in [1.29, 1.82) is 0 Å². The number of rotatable bonds is 8. The number of aromatic nitrogens is 2. The smallest absolute Gasteiger partial charge is 0.341 e. The van der Waals surface area contributed by atoms with Crippen LogP contribution in [-0.2, 0) is 18.3 Å². The lowest BCUT2D eigenvalue weighted by Gasteiger charge is -2.21. The Kier molecular flexibility index (Phi) is 6.84. The van der Waals surface area contributed by atoms with E-state index in [1.807, 2.05) is 14.1 Å². The molecule has 0 radical (unpaired) electrons. The van der Waals surface area contributed by atoms with Crippen molar-refractivity contribution >= 4 is 5.97 Å². The van der Waals surface area contributed by atoms with Gasteiger partial charge in [-0.15, -0.1) is 0 Å². The molecule has 0 bridgehead atoms. The van der Waals surface area contributed by atoms with Gasteiger partial charge in [0, 0.05) is 19.6 Å². The second-order valence-corrected chi connectivity index (χ2v) is 5.78. The summed E-state index contributed by atoms with van der Waals surface area (Å²) in [5.74, 6) is 0.165. The Morgan fingerprint density at radius 3 is 2.76 bits per heavy atom. The molecule has 0 aromatic carbocycles. The van der Waals surface area contributed by atoms with E-state index in [0.29, 0.717) is 24.6 Å². The topological polar surface area (TPSA) is 73.4 Å². The summed E-state index contributed by atoms with van der Waals surface area (Å²) in [4.78, 5) is 14.1. The molecule has 2 N–H and O–H groups in total. The SMILES string of the molecule is CCOC(=O)c1cnn(C)c1CN(C)CCC(N)C(C)C. The average molecular weight is 296 g/mol. The first-order valence-electron chi connectivity index (χ1n) is 7.48. The Hall–Kier alpha value is -1.40. The number of nitrogens with zero attached hydrogens (tertiary/aromatic N) is 3. The summed E-state index contributed by atoms with van der Waals surface area (Å²) in [5.41, 5.74) is 7.48. The minimum atomic E-state index is -0.312. The molecule has 0 aliphatic carbocycles. The second-order valence-electron chi connectivity index (χ2n) is 5.78. The summed E-state index contributed by atoms with van der Waals surface area (Å²) in [5, 5.41) is 4.16. The third kappa shape index (κ3) is 5.13. The molecule has 1 heterocycles. The molecule has 1 unspecified atom stereocenters. The average Bonchev–Trinajstić information content (AvgIpc) is 2.77. The normalized spacial score (nSPS) is 13.0. The summed E-state index contributed by atoms with van der Waals surface area (Å²) in [6, 6.07) is 0.198. The van der Waals surface area contributed by atoms with E-state index in [0.717, 1.165) is 18.7 Å². The van der Waals surface area contributed by atoms with Gasteiger partial charge in [0.05, 0.1) is 18.5 Å². The molecule has 0 aliphatic rings. The first-order valence-corrected chi connectivity index (χ1v) is 7.48. The van der Waals surface area contributed by atoms with Crippen LogP contribution < -0.4 is 5.73 Å². The highest BCUT2D eigenvalue weighted by atomic mass is 16.5. The maximum Gasteiger partial charge on any atom is 0.341 e. The molecule has 0 amide bonds. The van der Waals surface area contributed by atoms with Gasteiger partial charge in [-0.2, -0.15) is 5.10 Å². The number of aryl methyl sites for hydroxylation is 1. The highest BCUT2D eigenvalue weighted by Gasteiger charge is 2.18. The number of hydrogen-bond acceptors (Lipinski definition) is 5. The third-order valence-electron chi connectivity index (χ3n) is 3.68. The predicted octanol–water partition coefficient (Wildman–Crippen LogP) is 1.40. The molecule has 0 aliphatic heterocycles. The van der Waals surface area contributed by atoms with Crippen molar-refractivity contribution in [3.05, 3.63) is 17.5 Å². The van der Waals surface area contributed by atoms with Crippen molar-refractivity contribution < 1.29 is 9.53 Å². The van der Waals surface area contributed by atoms with Gasteiger partial charge in [0.1, 0.15) is 5.56 Å². The highest BCUT2D eigenvalue weighted by Crippen LogP contribution is 2.12. The fourth-order valence-corrected chi connectivity index (χ4v) is 2.07. The molecule has 0 fully saturated rings. The number of carbonyl (C=O) groups is 1. The molecule has 1 rings (SSSR count). The molecule has 0 saturated heterocycles. The van der Waals surface area contributed by atoms with Crippen molar-refractivity contribution in [2.75, 3.05) is 20.2 Å². The van der Waals surface area contributed by atoms with Crippen LogP contribution in [0.15, 0.2) is 6.20 Å². The van der Waals surface area contributed by atoms with E-state index in [4.69, 9.17) is 10.5 Å². The number of ether oxygens (including phenoxy) is 1. The number of carbonyl (C=O) groups excluding carboxylic acids is 1. The van der Waals surface area contributed by atoms with Crippen LogP contribution in [0, 0.1) is 5.92 Å². The number of esters is 1.